The molecule has 1 atom stereocenters. The fourth-order valence-corrected chi connectivity index (χ4v) is 0.979. The van der Waals surface area contributed by atoms with Gasteiger partial charge in [-0.15, -0.1) is 0 Å². The van der Waals surface area contributed by atoms with Crippen molar-refractivity contribution in [1.82, 2.24) is 5.32 Å². The number of nitrogens with one attached hydrogen (secondary N) is 1. The molecule has 66 valence electrons. The van der Waals surface area contributed by atoms with Crippen LogP contribution in [0.4, 0.5) is 10.1 Å². The normalized spacial score (nSPS) is 12.9. The average Bonchev–Trinajstić information content (AvgIpc) is 2.08. The fourth-order valence-electron chi connectivity index (χ4n) is 0.979. The molecule has 0 aromatic heterocycles. The molecule has 0 spiro atoms. The molecule has 1 aromatic carbocycles. The topological polar surface area (TPSA) is 38.0 Å². The quantitative estimate of drug-likeness (QED) is 0.659. The summed E-state index contributed by atoms with van der Waals surface area (Å²) in [5, 5.41) is 3.02. The minimum absolute atomic E-state index is 0.153. The maximum atomic E-state index is 12.9. The number of anilines is 1. The Morgan fingerprint density at radius 2 is 2.17 bits per heavy atom. The zero-order chi connectivity index (χ0) is 9.14. The Bertz CT molecular complexity index is 273. The highest BCUT2D eigenvalue weighted by atomic mass is 19.1. The van der Waals surface area contributed by atoms with Crippen LogP contribution in [0.5, 0.6) is 0 Å². The van der Waals surface area contributed by atoms with E-state index in [0.29, 0.717) is 0 Å². The van der Waals surface area contributed by atoms with Crippen LogP contribution in [-0.4, -0.2) is 7.05 Å². The van der Waals surface area contributed by atoms with E-state index in [0.717, 1.165) is 5.56 Å². The second kappa shape index (κ2) is 3.54. The first-order chi connectivity index (χ1) is 5.65. The molecule has 0 aliphatic rings. The number of benzene rings is 1. The Morgan fingerprint density at radius 1 is 1.50 bits per heavy atom. The van der Waals surface area contributed by atoms with Crippen LogP contribution in [0.25, 0.3) is 0 Å². The van der Waals surface area contributed by atoms with Crippen molar-refractivity contribution in [3.8, 4) is 0 Å². The highest BCUT2D eigenvalue weighted by molar-refractivity contribution is 5.41. The Hall–Kier alpha value is -1.09. The van der Waals surface area contributed by atoms with E-state index in [2.05, 4.69) is 5.32 Å². The first-order valence-electron chi connectivity index (χ1n) is 3.87. The molecule has 3 heteroatoms. The number of hydrogen-bond donors (Lipinski definition) is 2. The summed E-state index contributed by atoms with van der Waals surface area (Å²) in [6.45, 7) is 1.96. The maximum absolute atomic E-state index is 12.9. The lowest BCUT2D eigenvalue weighted by atomic mass is 10.1. The van der Waals surface area contributed by atoms with Gasteiger partial charge in [0, 0.05) is 6.04 Å². The van der Waals surface area contributed by atoms with E-state index in [1.807, 2.05) is 20.0 Å². The first kappa shape index (κ1) is 9.00. The van der Waals surface area contributed by atoms with Gasteiger partial charge in [-0.1, -0.05) is 6.07 Å². The van der Waals surface area contributed by atoms with Crippen LogP contribution in [-0.2, 0) is 0 Å². The van der Waals surface area contributed by atoms with Crippen LogP contribution in [0.3, 0.4) is 0 Å². The van der Waals surface area contributed by atoms with Crippen LogP contribution in [0.15, 0.2) is 18.2 Å². The highest BCUT2D eigenvalue weighted by Crippen LogP contribution is 2.17. The van der Waals surface area contributed by atoms with Crippen molar-refractivity contribution >= 4 is 5.69 Å². The van der Waals surface area contributed by atoms with Crippen LogP contribution < -0.4 is 11.1 Å². The molecule has 12 heavy (non-hydrogen) atoms. The summed E-state index contributed by atoms with van der Waals surface area (Å²) in [5.74, 6) is -0.352. The van der Waals surface area contributed by atoms with Gasteiger partial charge < -0.3 is 11.1 Å². The second-order valence-electron chi connectivity index (χ2n) is 2.79. The van der Waals surface area contributed by atoms with Gasteiger partial charge in [0.2, 0.25) is 0 Å². The minimum atomic E-state index is -0.352. The van der Waals surface area contributed by atoms with E-state index in [9.17, 15) is 4.39 Å². The molecule has 0 saturated carbocycles. The zero-order valence-corrected chi connectivity index (χ0v) is 7.26. The Kier molecular flexibility index (Phi) is 2.65. The Balaban J connectivity index is 2.96. The summed E-state index contributed by atoms with van der Waals surface area (Å²) in [6, 6.07) is 5.01. The molecular formula is C9H13FN2. The van der Waals surface area contributed by atoms with Crippen LogP contribution >= 0.6 is 0 Å². The van der Waals surface area contributed by atoms with Crippen molar-refractivity contribution in [3.63, 3.8) is 0 Å². The fraction of sp³-hybridized carbons (Fsp3) is 0.333. The summed E-state index contributed by atoms with van der Waals surface area (Å²) in [5.41, 5.74) is 6.44. The third kappa shape index (κ3) is 1.74. The van der Waals surface area contributed by atoms with Crippen molar-refractivity contribution in [2.24, 2.45) is 0 Å². The number of nitrogens with two attached hydrogens (primary N) is 1. The third-order valence-corrected chi connectivity index (χ3v) is 1.96. The lowest BCUT2D eigenvalue weighted by Gasteiger charge is -2.10. The molecule has 0 radical (unpaired) electrons. The number of hydrogen-bond acceptors (Lipinski definition) is 2. The molecule has 1 aromatic rings. The Morgan fingerprint density at radius 3 is 2.67 bits per heavy atom. The third-order valence-electron chi connectivity index (χ3n) is 1.96. The molecule has 0 heterocycles. The van der Waals surface area contributed by atoms with Crippen LogP contribution in [0.1, 0.15) is 18.5 Å². The standard InChI is InChI=1S/C9H13FN2/c1-6(12-2)7-3-4-9(11)8(10)5-7/h3-6,12H,11H2,1-2H3/t6-/m0/s1. The van der Waals surface area contributed by atoms with E-state index >= 15 is 0 Å². The minimum Gasteiger partial charge on any atom is -0.396 e. The van der Waals surface area contributed by atoms with Crippen molar-refractivity contribution < 1.29 is 4.39 Å². The van der Waals surface area contributed by atoms with Crippen molar-refractivity contribution in [2.45, 2.75) is 13.0 Å². The van der Waals surface area contributed by atoms with Crippen molar-refractivity contribution in [2.75, 3.05) is 12.8 Å². The van der Waals surface area contributed by atoms with Gasteiger partial charge in [0.25, 0.3) is 0 Å². The number of nitrogen functional groups attached to an aromatic ring is 1. The molecule has 0 bridgehead atoms. The van der Waals surface area contributed by atoms with Crippen molar-refractivity contribution in [3.05, 3.63) is 29.6 Å². The summed E-state index contributed by atoms with van der Waals surface area (Å²) in [4.78, 5) is 0. The molecule has 3 N–H and O–H groups in total. The number of rotatable bonds is 2. The molecule has 0 aliphatic heterocycles. The van der Waals surface area contributed by atoms with E-state index < -0.39 is 0 Å². The van der Waals surface area contributed by atoms with Gasteiger partial charge in [-0.2, -0.15) is 0 Å². The SMILES string of the molecule is CN[C@@H](C)c1ccc(N)c(F)c1. The van der Waals surface area contributed by atoms with Gasteiger partial charge in [-0.3, -0.25) is 0 Å². The lowest BCUT2D eigenvalue weighted by molar-refractivity contribution is 0.612. The molecule has 0 saturated heterocycles. The van der Waals surface area contributed by atoms with Crippen LogP contribution in [0, 0.1) is 5.82 Å². The predicted molar refractivity (Wildman–Crippen MR) is 48.3 cm³/mol. The van der Waals surface area contributed by atoms with E-state index in [-0.39, 0.29) is 17.5 Å². The lowest BCUT2D eigenvalue weighted by Crippen LogP contribution is -2.12. The smallest absolute Gasteiger partial charge is 0.146 e. The maximum Gasteiger partial charge on any atom is 0.146 e. The molecule has 0 fully saturated rings. The summed E-state index contributed by atoms with van der Waals surface area (Å²) in [7, 11) is 1.83. The van der Waals surface area contributed by atoms with E-state index in [4.69, 9.17) is 5.73 Å². The molecule has 2 nitrogen and oxygen atoms in total. The largest absolute Gasteiger partial charge is 0.396 e. The zero-order valence-electron chi connectivity index (χ0n) is 7.26. The molecule has 1 rings (SSSR count). The molecule has 0 unspecified atom stereocenters. The predicted octanol–water partition coefficient (Wildman–Crippen LogP) is 1.69. The van der Waals surface area contributed by atoms with Gasteiger partial charge in [-0.05, 0) is 31.7 Å². The van der Waals surface area contributed by atoms with Gasteiger partial charge >= 0.3 is 0 Å². The summed E-state index contributed by atoms with van der Waals surface area (Å²) >= 11 is 0. The first-order valence-corrected chi connectivity index (χ1v) is 3.87. The van der Waals surface area contributed by atoms with Crippen molar-refractivity contribution in [1.29, 1.82) is 0 Å². The average molecular weight is 168 g/mol. The van der Waals surface area contributed by atoms with Gasteiger partial charge in [-0.25, -0.2) is 4.39 Å². The number of halogens is 1. The summed E-state index contributed by atoms with van der Waals surface area (Å²) in [6.07, 6.45) is 0. The van der Waals surface area contributed by atoms with Crippen LogP contribution in [0.2, 0.25) is 0 Å². The van der Waals surface area contributed by atoms with Gasteiger partial charge in [0.1, 0.15) is 5.82 Å². The second-order valence-corrected chi connectivity index (χ2v) is 2.79. The van der Waals surface area contributed by atoms with E-state index in [1.54, 1.807) is 6.07 Å². The van der Waals surface area contributed by atoms with Gasteiger partial charge in [0.15, 0.2) is 0 Å². The van der Waals surface area contributed by atoms with E-state index in [1.165, 1.54) is 6.07 Å². The highest BCUT2D eigenvalue weighted by Gasteiger charge is 2.04. The monoisotopic (exact) mass is 168 g/mol. The summed E-state index contributed by atoms with van der Waals surface area (Å²) < 4.78 is 12.9. The molecular weight excluding hydrogens is 155 g/mol. The molecule has 0 aliphatic carbocycles. The van der Waals surface area contributed by atoms with Gasteiger partial charge in [0.05, 0.1) is 5.69 Å². The molecule has 0 amide bonds. The Labute approximate surface area is 71.6 Å².